The fraction of sp³-hybridized carbons (Fsp3) is 0.391. The van der Waals surface area contributed by atoms with E-state index >= 15 is 0 Å². The molecule has 5 rings (SSSR count). The van der Waals surface area contributed by atoms with Crippen molar-refractivity contribution in [1.29, 1.82) is 0 Å². The highest BCUT2D eigenvalue weighted by Crippen LogP contribution is 2.57. The maximum atomic E-state index is 3.82. The number of rotatable bonds is 1. The van der Waals surface area contributed by atoms with Gasteiger partial charge in [0.05, 0.1) is 0 Å². The van der Waals surface area contributed by atoms with E-state index in [-0.39, 0.29) is 0 Å². The zero-order valence-corrected chi connectivity index (χ0v) is 14.4. The molecule has 122 valence electrons. The Bertz CT molecular complexity index is 881. The van der Waals surface area contributed by atoms with Gasteiger partial charge in [-0.25, -0.2) is 0 Å². The van der Waals surface area contributed by atoms with Crippen LogP contribution in [-0.2, 0) is 5.41 Å². The molecule has 1 heterocycles. The van der Waals surface area contributed by atoms with Crippen LogP contribution >= 0.6 is 0 Å². The van der Waals surface area contributed by atoms with Gasteiger partial charge in [0, 0.05) is 22.5 Å². The van der Waals surface area contributed by atoms with Crippen LogP contribution < -0.4 is 0 Å². The molecule has 1 aromatic heterocycles. The van der Waals surface area contributed by atoms with Gasteiger partial charge in [0.2, 0.25) is 0 Å². The van der Waals surface area contributed by atoms with Crippen LogP contribution in [0.2, 0.25) is 0 Å². The van der Waals surface area contributed by atoms with Crippen molar-refractivity contribution in [3.63, 3.8) is 0 Å². The van der Waals surface area contributed by atoms with Gasteiger partial charge >= 0.3 is 0 Å². The van der Waals surface area contributed by atoms with Crippen molar-refractivity contribution in [2.24, 2.45) is 0 Å². The highest BCUT2D eigenvalue weighted by atomic mass is 14.8. The molecule has 1 unspecified atom stereocenters. The van der Waals surface area contributed by atoms with E-state index in [1.54, 1.807) is 5.56 Å². The van der Waals surface area contributed by atoms with E-state index in [0.717, 1.165) is 0 Å². The van der Waals surface area contributed by atoms with Crippen LogP contribution in [0, 0.1) is 6.92 Å². The number of H-pyrrole nitrogens is 1. The summed E-state index contributed by atoms with van der Waals surface area (Å²) in [7, 11) is 0. The molecule has 0 radical (unpaired) electrons. The van der Waals surface area contributed by atoms with Crippen molar-refractivity contribution >= 4 is 10.9 Å². The van der Waals surface area contributed by atoms with Crippen LogP contribution in [0.15, 0.2) is 48.5 Å². The Morgan fingerprint density at radius 3 is 2.54 bits per heavy atom. The van der Waals surface area contributed by atoms with Crippen molar-refractivity contribution < 1.29 is 0 Å². The van der Waals surface area contributed by atoms with Gasteiger partial charge in [0.1, 0.15) is 0 Å². The maximum Gasteiger partial charge on any atom is 0.0459 e. The van der Waals surface area contributed by atoms with Crippen LogP contribution in [0.4, 0.5) is 0 Å². The van der Waals surface area contributed by atoms with E-state index in [4.69, 9.17) is 0 Å². The molecular formula is C23H25N. The highest BCUT2D eigenvalue weighted by Gasteiger charge is 2.46. The molecule has 3 aromatic rings. The Labute approximate surface area is 144 Å². The molecule has 1 atom stereocenters. The molecule has 1 saturated carbocycles. The van der Waals surface area contributed by atoms with Crippen molar-refractivity contribution in [3.8, 4) is 0 Å². The zero-order valence-electron chi connectivity index (χ0n) is 14.4. The van der Waals surface area contributed by atoms with Gasteiger partial charge < -0.3 is 4.98 Å². The summed E-state index contributed by atoms with van der Waals surface area (Å²) in [6.45, 7) is 2.22. The Kier molecular flexibility index (Phi) is 3.13. The second-order valence-electron chi connectivity index (χ2n) is 7.97. The minimum absolute atomic E-state index is 0.403. The first-order valence-electron chi connectivity index (χ1n) is 9.44. The number of benzene rings is 2. The summed E-state index contributed by atoms with van der Waals surface area (Å²) >= 11 is 0. The predicted molar refractivity (Wildman–Crippen MR) is 101 cm³/mol. The van der Waals surface area contributed by atoms with Crippen LogP contribution in [-0.4, -0.2) is 4.98 Å². The van der Waals surface area contributed by atoms with Crippen LogP contribution in [0.1, 0.15) is 66.8 Å². The molecule has 0 saturated heterocycles. The summed E-state index contributed by atoms with van der Waals surface area (Å²) < 4.78 is 0. The second-order valence-corrected chi connectivity index (χ2v) is 7.97. The average molecular weight is 315 g/mol. The number of aromatic nitrogens is 1. The zero-order chi connectivity index (χ0) is 16.1. The molecule has 0 bridgehead atoms. The lowest BCUT2D eigenvalue weighted by molar-refractivity contribution is 0.287. The molecule has 2 aliphatic carbocycles. The van der Waals surface area contributed by atoms with E-state index in [2.05, 4.69) is 60.4 Å². The number of hydrogen-bond donors (Lipinski definition) is 1. The Morgan fingerprint density at radius 2 is 1.75 bits per heavy atom. The van der Waals surface area contributed by atoms with E-state index in [9.17, 15) is 0 Å². The molecule has 1 heteroatoms. The molecule has 1 N–H and O–H groups in total. The van der Waals surface area contributed by atoms with Gasteiger partial charge in [-0.3, -0.25) is 0 Å². The van der Waals surface area contributed by atoms with Crippen LogP contribution in [0.3, 0.4) is 0 Å². The van der Waals surface area contributed by atoms with Crippen LogP contribution in [0.5, 0.6) is 0 Å². The molecular weight excluding hydrogens is 290 g/mol. The summed E-state index contributed by atoms with van der Waals surface area (Å²) in [5.41, 5.74) is 7.75. The molecule has 0 aliphatic heterocycles. The Balaban J connectivity index is 1.75. The van der Waals surface area contributed by atoms with Gasteiger partial charge in [-0.05, 0) is 54.9 Å². The lowest BCUT2D eigenvalue weighted by Crippen LogP contribution is -2.26. The quantitative estimate of drug-likeness (QED) is 0.549. The van der Waals surface area contributed by atoms with Crippen molar-refractivity contribution in [1.82, 2.24) is 4.98 Å². The third kappa shape index (κ3) is 2.00. The number of fused-ring (bicyclic) bond motifs is 4. The minimum atomic E-state index is 0.403. The monoisotopic (exact) mass is 315 g/mol. The van der Waals surface area contributed by atoms with Gasteiger partial charge in [-0.2, -0.15) is 0 Å². The molecule has 1 spiro atoms. The Morgan fingerprint density at radius 1 is 0.958 bits per heavy atom. The number of nitrogens with one attached hydrogen (secondary N) is 1. The third-order valence-corrected chi connectivity index (χ3v) is 6.47. The molecule has 24 heavy (non-hydrogen) atoms. The lowest BCUT2D eigenvalue weighted by Gasteiger charge is -2.35. The van der Waals surface area contributed by atoms with Crippen molar-refractivity contribution in [3.05, 3.63) is 70.9 Å². The largest absolute Gasteiger partial charge is 0.358 e. The fourth-order valence-corrected chi connectivity index (χ4v) is 5.41. The Hall–Kier alpha value is -2.02. The highest BCUT2D eigenvalue weighted by molar-refractivity contribution is 5.88. The average Bonchev–Trinajstić information content (AvgIpc) is 3.13. The summed E-state index contributed by atoms with van der Waals surface area (Å²) in [6, 6.07) is 18.1. The van der Waals surface area contributed by atoms with Gasteiger partial charge in [-0.1, -0.05) is 61.2 Å². The van der Waals surface area contributed by atoms with Crippen molar-refractivity contribution in [2.45, 2.75) is 56.8 Å². The fourth-order valence-electron chi connectivity index (χ4n) is 5.41. The summed E-state index contributed by atoms with van der Waals surface area (Å²) in [6.07, 6.45) is 8.21. The maximum absolute atomic E-state index is 3.82. The van der Waals surface area contributed by atoms with Gasteiger partial charge in [-0.15, -0.1) is 0 Å². The summed E-state index contributed by atoms with van der Waals surface area (Å²) in [4.78, 5) is 3.82. The van der Waals surface area contributed by atoms with Crippen LogP contribution in [0.25, 0.3) is 10.9 Å². The number of hydrogen-bond acceptors (Lipinski definition) is 0. The van der Waals surface area contributed by atoms with Gasteiger partial charge in [0.15, 0.2) is 0 Å². The van der Waals surface area contributed by atoms with E-state index in [1.165, 1.54) is 66.2 Å². The summed E-state index contributed by atoms with van der Waals surface area (Å²) in [5, 5.41) is 1.49. The van der Waals surface area contributed by atoms with E-state index in [0.29, 0.717) is 11.3 Å². The topological polar surface area (TPSA) is 15.8 Å². The molecule has 2 aromatic carbocycles. The lowest BCUT2D eigenvalue weighted by atomic mass is 9.69. The first-order valence-corrected chi connectivity index (χ1v) is 9.44. The molecule has 1 nitrogen and oxygen atoms in total. The smallest absolute Gasteiger partial charge is 0.0459 e. The SMILES string of the molecule is Cc1ccc2[nH]c3c(c2c1)C1(CCCCC1)CC3c1ccccc1. The number of aryl methyl sites for hydroxylation is 1. The van der Waals surface area contributed by atoms with E-state index in [1.807, 2.05) is 0 Å². The van der Waals surface area contributed by atoms with Crippen molar-refractivity contribution in [2.75, 3.05) is 0 Å². The molecule has 0 amide bonds. The first kappa shape index (κ1) is 14.3. The minimum Gasteiger partial charge on any atom is -0.358 e. The normalized spacial score (nSPS) is 22.1. The summed E-state index contributed by atoms with van der Waals surface area (Å²) in [5.74, 6) is 0.534. The molecule has 2 aliphatic rings. The third-order valence-electron chi connectivity index (χ3n) is 6.47. The molecule has 1 fully saturated rings. The number of aromatic amines is 1. The standard InChI is InChI=1S/C23H25N/c1-16-10-11-20-18(14-16)21-22(24-20)19(17-8-4-2-5-9-17)15-23(21)12-6-3-7-13-23/h2,4-5,8-11,14,19,24H,3,6-7,12-13,15H2,1H3. The first-order chi connectivity index (χ1) is 11.8. The second kappa shape index (κ2) is 5.24. The van der Waals surface area contributed by atoms with E-state index < -0.39 is 0 Å². The van der Waals surface area contributed by atoms with Gasteiger partial charge in [0.25, 0.3) is 0 Å². The predicted octanol–water partition coefficient (Wildman–Crippen LogP) is 6.21.